The molecule has 0 amide bonds. The molecule has 8 nitrogen and oxygen atoms in total. The van der Waals surface area contributed by atoms with E-state index in [9.17, 15) is 0 Å². The van der Waals surface area contributed by atoms with Gasteiger partial charge in [-0.25, -0.2) is 20.0 Å². The van der Waals surface area contributed by atoms with Gasteiger partial charge in [-0.05, 0) is 86.1 Å². The Morgan fingerprint density at radius 1 is 1.10 bits per heavy atom. The molecule has 0 aliphatic carbocycles. The van der Waals surface area contributed by atoms with E-state index in [1.165, 1.54) is 36.8 Å². The second kappa shape index (κ2) is 12.0. The van der Waals surface area contributed by atoms with Crippen molar-refractivity contribution in [1.29, 1.82) is 0 Å². The number of fused-ring (bicyclic) bond motifs is 3. The number of rotatable bonds is 8. The molecular formula is C34H41N7O. The molecule has 3 aromatic rings. The van der Waals surface area contributed by atoms with E-state index in [0.29, 0.717) is 17.7 Å². The number of unbranched alkanes of at least 4 members (excludes halogenated alkanes) is 2. The number of nitrogens with zero attached hydrogens (tertiary/aromatic N) is 6. The monoisotopic (exact) mass is 563 g/mol. The van der Waals surface area contributed by atoms with Crippen LogP contribution < -0.4 is 15.0 Å². The summed E-state index contributed by atoms with van der Waals surface area (Å²) >= 11 is 0. The first-order valence-corrected chi connectivity index (χ1v) is 15.3. The van der Waals surface area contributed by atoms with E-state index in [2.05, 4.69) is 78.1 Å². The summed E-state index contributed by atoms with van der Waals surface area (Å²) in [5, 5.41) is 9.92. The number of benzene rings is 1. The summed E-state index contributed by atoms with van der Waals surface area (Å²) in [6.07, 6.45) is 15.4. The van der Waals surface area contributed by atoms with Gasteiger partial charge in [0.15, 0.2) is 5.82 Å². The van der Waals surface area contributed by atoms with Gasteiger partial charge in [-0.2, -0.15) is 5.10 Å². The Bertz CT molecular complexity index is 1600. The minimum atomic E-state index is 0.308. The number of anilines is 3. The Morgan fingerprint density at radius 2 is 1.98 bits per heavy atom. The third-order valence-corrected chi connectivity index (χ3v) is 8.51. The van der Waals surface area contributed by atoms with Crippen LogP contribution in [0.2, 0.25) is 0 Å². The van der Waals surface area contributed by atoms with E-state index in [1.807, 2.05) is 35.6 Å². The highest BCUT2D eigenvalue weighted by Crippen LogP contribution is 2.34. The number of hydrogen-bond acceptors (Lipinski definition) is 8. The Balaban J connectivity index is 1.24. The van der Waals surface area contributed by atoms with Crippen molar-refractivity contribution < 1.29 is 4.74 Å². The topological polar surface area (TPSA) is 78.8 Å². The van der Waals surface area contributed by atoms with Gasteiger partial charge in [0.2, 0.25) is 0 Å². The van der Waals surface area contributed by atoms with Gasteiger partial charge in [0.25, 0.3) is 0 Å². The Labute approximate surface area is 248 Å². The van der Waals surface area contributed by atoms with Gasteiger partial charge in [-0.3, -0.25) is 0 Å². The molecule has 8 heteroatoms. The van der Waals surface area contributed by atoms with E-state index >= 15 is 0 Å². The van der Waals surface area contributed by atoms with Crippen LogP contribution in [-0.2, 0) is 6.42 Å². The molecule has 0 bridgehead atoms. The first-order chi connectivity index (χ1) is 20.4. The summed E-state index contributed by atoms with van der Waals surface area (Å²) in [6.45, 7) is 13.0. The fraction of sp³-hybridized carbons (Fsp3) is 0.412. The minimum absolute atomic E-state index is 0.308. The summed E-state index contributed by atoms with van der Waals surface area (Å²) in [7, 11) is 0. The van der Waals surface area contributed by atoms with Crippen LogP contribution in [0, 0.1) is 18.8 Å². The predicted molar refractivity (Wildman–Crippen MR) is 171 cm³/mol. The maximum Gasteiger partial charge on any atom is 0.160 e. The standard InChI is InChI=1S/C34H41N7O/c1-6-7-8-14-40-20-22(2)9-10-26-17-29-32(39-34(26)40)33(36-21-35-29)38-27-11-12-31(23(3)16-27)42-28-13-15-41-30(18-28)25(5)24(4)19-37-41/h11-13,15-19,21-22,24H,6-10,14,20H2,1-5H3,(H,35,36,38). The second-order valence-electron chi connectivity index (χ2n) is 11.9. The van der Waals surface area contributed by atoms with Crippen molar-refractivity contribution in [3.63, 3.8) is 0 Å². The predicted octanol–water partition coefficient (Wildman–Crippen LogP) is 7.66. The van der Waals surface area contributed by atoms with Gasteiger partial charge in [0.1, 0.15) is 29.2 Å². The molecule has 0 radical (unpaired) electrons. The smallest absolute Gasteiger partial charge is 0.160 e. The largest absolute Gasteiger partial charge is 0.457 e. The molecule has 2 aromatic heterocycles. The van der Waals surface area contributed by atoms with Crippen molar-refractivity contribution in [3.8, 4) is 5.75 Å². The van der Waals surface area contributed by atoms with Crippen molar-refractivity contribution in [2.75, 3.05) is 23.3 Å². The van der Waals surface area contributed by atoms with Crippen LogP contribution in [0.25, 0.3) is 11.0 Å². The van der Waals surface area contributed by atoms with Crippen molar-refractivity contribution >= 4 is 34.6 Å². The molecule has 3 aliphatic rings. The molecule has 5 heterocycles. The SMILES string of the molecule is CCCCCN1CC(C)CCc2cc3ncnc(Nc4ccc(OC5=CC6=C(C)C(C)C=NN6C=C5)c(C)c4)c3nc21. The van der Waals surface area contributed by atoms with Crippen LogP contribution >= 0.6 is 0 Å². The third-order valence-electron chi connectivity index (χ3n) is 8.51. The number of aromatic nitrogens is 3. The maximum atomic E-state index is 6.32. The van der Waals surface area contributed by atoms with Crippen LogP contribution in [0.1, 0.15) is 64.5 Å². The molecule has 2 unspecified atom stereocenters. The normalized spacial score (nSPS) is 19.9. The van der Waals surface area contributed by atoms with Crippen molar-refractivity contribution in [2.45, 2.75) is 66.7 Å². The maximum absolute atomic E-state index is 6.32. The number of hydrogen-bond donors (Lipinski definition) is 1. The van der Waals surface area contributed by atoms with Crippen LogP contribution in [0.4, 0.5) is 17.3 Å². The van der Waals surface area contributed by atoms with Crippen LogP contribution in [0.15, 0.2) is 71.1 Å². The number of nitrogens with one attached hydrogen (secondary N) is 1. The second-order valence-corrected chi connectivity index (χ2v) is 11.9. The molecule has 3 aliphatic heterocycles. The highest BCUT2D eigenvalue weighted by molar-refractivity contribution is 5.89. The van der Waals surface area contributed by atoms with E-state index in [0.717, 1.165) is 64.8 Å². The van der Waals surface area contributed by atoms with Gasteiger partial charge in [0.05, 0.1) is 11.2 Å². The Hall–Kier alpha value is -4.20. The van der Waals surface area contributed by atoms with E-state index in [4.69, 9.17) is 9.72 Å². The lowest BCUT2D eigenvalue weighted by molar-refractivity contribution is 0.415. The van der Waals surface area contributed by atoms with Crippen LogP contribution in [0.3, 0.4) is 0 Å². The van der Waals surface area contributed by atoms with Crippen LogP contribution in [0.5, 0.6) is 5.75 Å². The van der Waals surface area contributed by atoms with E-state index in [1.54, 1.807) is 6.33 Å². The average molecular weight is 564 g/mol. The molecule has 1 N–H and O–H groups in total. The van der Waals surface area contributed by atoms with Crippen LogP contribution in [-0.4, -0.2) is 39.3 Å². The number of ether oxygens (including phenoxy) is 1. The quantitative estimate of drug-likeness (QED) is 0.282. The molecule has 42 heavy (non-hydrogen) atoms. The fourth-order valence-corrected chi connectivity index (χ4v) is 5.82. The zero-order valence-corrected chi connectivity index (χ0v) is 25.4. The minimum Gasteiger partial charge on any atom is -0.457 e. The van der Waals surface area contributed by atoms with Crippen molar-refractivity contribution in [1.82, 2.24) is 20.0 Å². The first-order valence-electron chi connectivity index (χ1n) is 15.3. The molecule has 0 saturated heterocycles. The summed E-state index contributed by atoms with van der Waals surface area (Å²) in [5.41, 5.74) is 7.26. The average Bonchev–Trinajstić information content (AvgIpc) is 3.14. The number of allylic oxidation sites excluding steroid dienone is 3. The highest BCUT2D eigenvalue weighted by atomic mass is 16.5. The first kappa shape index (κ1) is 27.9. The summed E-state index contributed by atoms with van der Waals surface area (Å²) in [5.74, 6) is 4.35. The van der Waals surface area contributed by atoms with Gasteiger partial charge >= 0.3 is 0 Å². The summed E-state index contributed by atoms with van der Waals surface area (Å²) in [6, 6.07) is 8.33. The summed E-state index contributed by atoms with van der Waals surface area (Å²) < 4.78 is 6.32. The van der Waals surface area contributed by atoms with E-state index in [-0.39, 0.29) is 0 Å². The van der Waals surface area contributed by atoms with Gasteiger partial charge in [-0.1, -0.05) is 33.6 Å². The molecule has 1 aromatic carbocycles. The summed E-state index contributed by atoms with van der Waals surface area (Å²) in [4.78, 5) is 16.9. The molecule has 0 spiro atoms. The van der Waals surface area contributed by atoms with Crippen molar-refractivity contribution in [2.24, 2.45) is 16.9 Å². The van der Waals surface area contributed by atoms with Gasteiger partial charge < -0.3 is 15.0 Å². The number of pyridine rings is 1. The Morgan fingerprint density at radius 3 is 2.81 bits per heavy atom. The third kappa shape index (κ3) is 5.75. The molecule has 218 valence electrons. The number of aryl methyl sites for hydroxylation is 2. The Kier molecular flexibility index (Phi) is 7.96. The lowest BCUT2D eigenvalue weighted by atomic mass is 9.99. The molecule has 0 saturated carbocycles. The fourth-order valence-electron chi connectivity index (χ4n) is 5.82. The lowest BCUT2D eigenvalue weighted by Crippen LogP contribution is -2.29. The zero-order valence-electron chi connectivity index (χ0n) is 25.4. The lowest BCUT2D eigenvalue weighted by Gasteiger charge is -2.28. The highest BCUT2D eigenvalue weighted by Gasteiger charge is 2.23. The molecular weight excluding hydrogens is 522 g/mol. The molecule has 0 fully saturated rings. The van der Waals surface area contributed by atoms with Gasteiger partial charge in [-0.15, -0.1) is 0 Å². The van der Waals surface area contributed by atoms with E-state index < -0.39 is 0 Å². The van der Waals surface area contributed by atoms with Crippen molar-refractivity contribution in [3.05, 3.63) is 77.1 Å². The molecule has 6 rings (SSSR count). The van der Waals surface area contributed by atoms with Gasteiger partial charge in [0, 0.05) is 43.2 Å². The number of hydrazone groups is 1. The zero-order chi connectivity index (χ0) is 29.2. The molecule has 2 atom stereocenters.